The summed E-state index contributed by atoms with van der Waals surface area (Å²) in [7, 11) is 0. The van der Waals surface area contributed by atoms with E-state index >= 15 is 0 Å². The molecule has 1 amide bonds. The van der Waals surface area contributed by atoms with E-state index in [9.17, 15) is 4.79 Å². The van der Waals surface area contributed by atoms with Crippen molar-refractivity contribution >= 4 is 49.1 Å². The normalized spacial score (nSPS) is 10.7. The molecule has 1 aromatic heterocycles. The lowest BCUT2D eigenvalue weighted by Gasteiger charge is -2.10. The van der Waals surface area contributed by atoms with Crippen LogP contribution in [-0.2, 0) is 4.79 Å². The highest BCUT2D eigenvalue weighted by atomic mass is 79.9. The van der Waals surface area contributed by atoms with Gasteiger partial charge in [-0.2, -0.15) is 0 Å². The van der Waals surface area contributed by atoms with Crippen molar-refractivity contribution in [3.8, 4) is 16.3 Å². The number of para-hydroxylation sites is 2. The van der Waals surface area contributed by atoms with Crippen molar-refractivity contribution in [2.75, 3.05) is 11.9 Å². The van der Waals surface area contributed by atoms with Gasteiger partial charge in [-0.15, -0.1) is 11.3 Å². The van der Waals surface area contributed by atoms with Gasteiger partial charge in [0.15, 0.2) is 6.61 Å². The molecular weight excluding hydrogens is 424 g/mol. The predicted molar refractivity (Wildman–Crippen MR) is 113 cm³/mol. The molecule has 0 aliphatic rings. The Morgan fingerprint density at radius 3 is 2.70 bits per heavy atom. The van der Waals surface area contributed by atoms with Crippen molar-refractivity contribution in [2.45, 2.75) is 0 Å². The number of aromatic nitrogens is 1. The quantitative estimate of drug-likeness (QED) is 0.431. The lowest BCUT2D eigenvalue weighted by Crippen LogP contribution is -2.20. The molecule has 4 rings (SSSR count). The number of halogens is 1. The third-order valence-corrected chi connectivity index (χ3v) is 5.45. The van der Waals surface area contributed by atoms with Gasteiger partial charge in [0.05, 0.1) is 15.9 Å². The van der Waals surface area contributed by atoms with Gasteiger partial charge in [0, 0.05) is 10.0 Å². The van der Waals surface area contributed by atoms with Crippen LogP contribution in [0.4, 0.5) is 5.69 Å². The highest BCUT2D eigenvalue weighted by Gasteiger charge is 2.12. The average Bonchev–Trinajstić information content (AvgIpc) is 3.11. The monoisotopic (exact) mass is 438 g/mol. The van der Waals surface area contributed by atoms with E-state index < -0.39 is 0 Å². The summed E-state index contributed by atoms with van der Waals surface area (Å²) >= 11 is 4.99. The fourth-order valence-corrected chi connectivity index (χ4v) is 4.04. The second-order valence-electron chi connectivity index (χ2n) is 5.83. The van der Waals surface area contributed by atoms with Gasteiger partial charge in [-0.3, -0.25) is 4.79 Å². The van der Waals surface area contributed by atoms with Crippen molar-refractivity contribution < 1.29 is 9.53 Å². The molecule has 0 unspecified atom stereocenters. The van der Waals surface area contributed by atoms with Crippen LogP contribution in [0.1, 0.15) is 0 Å². The number of fused-ring (bicyclic) bond motifs is 1. The van der Waals surface area contributed by atoms with E-state index in [1.807, 2.05) is 72.8 Å². The van der Waals surface area contributed by atoms with Crippen molar-refractivity contribution in [1.82, 2.24) is 4.98 Å². The van der Waals surface area contributed by atoms with E-state index in [1.165, 1.54) is 0 Å². The Balaban J connectivity index is 1.51. The average molecular weight is 439 g/mol. The summed E-state index contributed by atoms with van der Waals surface area (Å²) in [6.45, 7) is -0.0648. The molecule has 0 saturated carbocycles. The summed E-state index contributed by atoms with van der Waals surface area (Å²) < 4.78 is 7.58. The number of hydrogen-bond acceptors (Lipinski definition) is 4. The molecule has 1 N–H and O–H groups in total. The Labute approximate surface area is 169 Å². The topological polar surface area (TPSA) is 51.2 Å². The van der Waals surface area contributed by atoms with Crippen LogP contribution in [0.15, 0.2) is 77.3 Å². The molecule has 4 aromatic rings. The van der Waals surface area contributed by atoms with Crippen LogP contribution in [-0.4, -0.2) is 17.5 Å². The maximum absolute atomic E-state index is 12.4. The van der Waals surface area contributed by atoms with Crippen LogP contribution in [0.5, 0.6) is 5.75 Å². The summed E-state index contributed by atoms with van der Waals surface area (Å²) in [6.07, 6.45) is 0. The second-order valence-corrected chi connectivity index (χ2v) is 7.77. The minimum atomic E-state index is -0.219. The summed E-state index contributed by atoms with van der Waals surface area (Å²) in [5.41, 5.74) is 2.57. The molecule has 0 radical (unpaired) electrons. The van der Waals surface area contributed by atoms with Crippen LogP contribution in [0, 0.1) is 0 Å². The largest absolute Gasteiger partial charge is 0.484 e. The molecule has 3 aromatic carbocycles. The molecule has 6 heteroatoms. The van der Waals surface area contributed by atoms with E-state index in [4.69, 9.17) is 4.74 Å². The number of carbonyl (C=O) groups excluding carboxylic acids is 1. The van der Waals surface area contributed by atoms with E-state index in [1.54, 1.807) is 11.3 Å². The molecule has 0 atom stereocenters. The fourth-order valence-electron chi connectivity index (χ4n) is 2.66. The summed E-state index contributed by atoms with van der Waals surface area (Å²) in [5.74, 6) is 0.419. The van der Waals surface area contributed by atoms with Gasteiger partial charge in [0.2, 0.25) is 0 Å². The number of thiazole rings is 1. The van der Waals surface area contributed by atoms with Crippen molar-refractivity contribution in [1.29, 1.82) is 0 Å². The van der Waals surface area contributed by atoms with E-state index in [-0.39, 0.29) is 12.5 Å². The van der Waals surface area contributed by atoms with Gasteiger partial charge < -0.3 is 10.1 Å². The molecule has 134 valence electrons. The number of nitrogens with one attached hydrogen (secondary N) is 1. The minimum absolute atomic E-state index is 0.0648. The zero-order valence-electron chi connectivity index (χ0n) is 14.2. The number of benzene rings is 3. The van der Waals surface area contributed by atoms with Gasteiger partial charge in [0.1, 0.15) is 10.8 Å². The number of carbonyl (C=O) groups is 1. The first kappa shape index (κ1) is 17.7. The highest BCUT2D eigenvalue weighted by Crippen LogP contribution is 2.34. The maximum Gasteiger partial charge on any atom is 0.262 e. The molecule has 0 aliphatic heterocycles. The lowest BCUT2D eigenvalue weighted by atomic mass is 10.2. The zero-order chi connectivity index (χ0) is 18.6. The SMILES string of the molecule is O=C(COc1cccc(Br)c1)Nc1ccccc1-c1nc2ccccc2s1. The molecule has 1 heterocycles. The fraction of sp³-hybridized carbons (Fsp3) is 0.0476. The number of nitrogens with zero attached hydrogens (tertiary/aromatic N) is 1. The Kier molecular flexibility index (Phi) is 5.18. The second kappa shape index (κ2) is 7.90. The Hall–Kier alpha value is -2.70. The zero-order valence-corrected chi connectivity index (χ0v) is 16.6. The molecular formula is C21H15BrN2O2S. The van der Waals surface area contributed by atoms with Crippen LogP contribution in [0.2, 0.25) is 0 Å². The van der Waals surface area contributed by atoms with Crippen LogP contribution in [0.25, 0.3) is 20.8 Å². The van der Waals surface area contributed by atoms with Gasteiger partial charge in [0.25, 0.3) is 5.91 Å². The number of anilines is 1. The van der Waals surface area contributed by atoms with E-state index in [0.717, 1.165) is 30.9 Å². The minimum Gasteiger partial charge on any atom is -0.484 e. The standard InChI is InChI=1S/C21H15BrN2O2S/c22-14-6-5-7-15(12-14)26-13-20(25)23-17-9-2-1-8-16(17)21-24-18-10-3-4-11-19(18)27-21/h1-12H,13H2,(H,23,25). The molecule has 0 saturated heterocycles. The Morgan fingerprint density at radius 1 is 1.04 bits per heavy atom. The lowest BCUT2D eigenvalue weighted by molar-refractivity contribution is -0.118. The molecule has 4 nitrogen and oxygen atoms in total. The van der Waals surface area contributed by atoms with Crippen LogP contribution in [0.3, 0.4) is 0 Å². The molecule has 0 fully saturated rings. The number of ether oxygens (including phenoxy) is 1. The van der Waals surface area contributed by atoms with E-state index in [0.29, 0.717) is 5.75 Å². The van der Waals surface area contributed by atoms with Crippen LogP contribution < -0.4 is 10.1 Å². The number of rotatable bonds is 5. The smallest absolute Gasteiger partial charge is 0.262 e. The predicted octanol–water partition coefficient (Wildman–Crippen LogP) is 5.74. The van der Waals surface area contributed by atoms with Gasteiger partial charge >= 0.3 is 0 Å². The number of hydrogen-bond donors (Lipinski definition) is 1. The van der Waals surface area contributed by atoms with Crippen molar-refractivity contribution in [2.24, 2.45) is 0 Å². The molecule has 27 heavy (non-hydrogen) atoms. The van der Waals surface area contributed by atoms with Gasteiger partial charge in [-0.25, -0.2) is 4.98 Å². The third-order valence-electron chi connectivity index (χ3n) is 3.89. The number of amides is 1. The Morgan fingerprint density at radius 2 is 1.85 bits per heavy atom. The first-order chi connectivity index (χ1) is 13.2. The maximum atomic E-state index is 12.4. The highest BCUT2D eigenvalue weighted by molar-refractivity contribution is 9.10. The van der Waals surface area contributed by atoms with Crippen molar-refractivity contribution in [3.05, 3.63) is 77.3 Å². The summed E-state index contributed by atoms with van der Waals surface area (Å²) in [6, 6.07) is 23.1. The van der Waals surface area contributed by atoms with Gasteiger partial charge in [-0.05, 0) is 42.5 Å². The molecule has 0 bridgehead atoms. The first-order valence-electron chi connectivity index (χ1n) is 8.32. The summed E-state index contributed by atoms with van der Waals surface area (Å²) in [4.78, 5) is 17.0. The van der Waals surface area contributed by atoms with Crippen molar-refractivity contribution in [3.63, 3.8) is 0 Å². The molecule has 0 spiro atoms. The van der Waals surface area contributed by atoms with Gasteiger partial charge in [-0.1, -0.05) is 46.3 Å². The third kappa shape index (κ3) is 4.18. The van der Waals surface area contributed by atoms with E-state index in [2.05, 4.69) is 26.2 Å². The first-order valence-corrected chi connectivity index (χ1v) is 9.93. The Bertz CT molecular complexity index is 1080. The van der Waals surface area contributed by atoms with Crippen LogP contribution >= 0.6 is 27.3 Å². The molecule has 0 aliphatic carbocycles. The summed E-state index contributed by atoms with van der Waals surface area (Å²) in [5, 5.41) is 3.80.